The van der Waals surface area contributed by atoms with Gasteiger partial charge in [-0.25, -0.2) is 0 Å². The van der Waals surface area contributed by atoms with Crippen molar-refractivity contribution in [3.63, 3.8) is 0 Å². The highest BCUT2D eigenvalue weighted by atomic mass is 15.3. The number of hydrogen-bond donors (Lipinski definition) is 1. The molecule has 0 spiro atoms. The Morgan fingerprint density at radius 2 is 2.11 bits per heavy atom. The Kier molecular flexibility index (Phi) is 3.76. The van der Waals surface area contributed by atoms with Crippen LogP contribution in [-0.2, 0) is 6.54 Å². The van der Waals surface area contributed by atoms with Crippen LogP contribution in [0, 0.1) is 32.1 Å². The fourth-order valence-corrected chi connectivity index (χ4v) is 1.75. The SMILES string of the molecule is Cc1cnn(CCNc2nnc(C)c(C)c2C#N)c1. The predicted octanol–water partition coefficient (Wildman–Crippen LogP) is 1.58. The third-order valence-corrected chi connectivity index (χ3v) is 2.96. The summed E-state index contributed by atoms with van der Waals surface area (Å²) in [5.41, 5.74) is 3.34. The molecule has 0 saturated carbocycles. The molecule has 6 heteroatoms. The minimum absolute atomic E-state index is 0.537. The van der Waals surface area contributed by atoms with Crippen LogP contribution in [0.15, 0.2) is 12.4 Å². The summed E-state index contributed by atoms with van der Waals surface area (Å²) in [6.07, 6.45) is 3.79. The molecule has 0 unspecified atom stereocenters. The second kappa shape index (κ2) is 5.48. The maximum Gasteiger partial charge on any atom is 0.166 e. The van der Waals surface area contributed by atoms with Crippen molar-refractivity contribution in [2.45, 2.75) is 27.3 Å². The zero-order chi connectivity index (χ0) is 13.8. The molecular weight excluding hydrogens is 240 g/mol. The van der Waals surface area contributed by atoms with Gasteiger partial charge in [0.15, 0.2) is 5.82 Å². The number of hydrogen-bond acceptors (Lipinski definition) is 5. The third-order valence-electron chi connectivity index (χ3n) is 2.96. The molecule has 2 aromatic rings. The summed E-state index contributed by atoms with van der Waals surface area (Å²) in [5.74, 6) is 0.537. The van der Waals surface area contributed by atoms with Gasteiger partial charge in [-0.3, -0.25) is 4.68 Å². The van der Waals surface area contributed by atoms with Crippen molar-refractivity contribution in [2.24, 2.45) is 0 Å². The molecule has 0 bridgehead atoms. The number of nitrogens with one attached hydrogen (secondary N) is 1. The van der Waals surface area contributed by atoms with E-state index in [4.69, 9.17) is 5.26 Å². The fraction of sp³-hybridized carbons (Fsp3) is 0.385. The van der Waals surface area contributed by atoms with E-state index >= 15 is 0 Å². The Morgan fingerprint density at radius 3 is 2.74 bits per heavy atom. The Balaban J connectivity index is 2.04. The monoisotopic (exact) mass is 256 g/mol. The molecule has 2 rings (SSSR count). The molecule has 0 aliphatic heterocycles. The largest absolute Gasteiger partial charge is 0.366 e. The van der Waals surface area contributed by atoms with Gasteiger partial charge in [-0.05, 0) is 31.9 Å². The number of aromatic nitrogens is 4. The molecule has 0 aromatic carbocycles. The van der Waals surface area contributed by atoms with Crippen molar-refractivity contribution in [1.29, 1.82) is 5.26 Å². The number of anilines is 1. The summed E-state index contributed by atoms with van der Waals surface area (Å²) in [6.45, 7) is 7.09. The van der Waals surface area contributed by atoms with Crippen LogP contribution in [0.5, 0.6) is 0 Å². The van der Waals surface area contributed by atoms with Crippen molar-refractivity contribution in [3.8, 4) is 6.07 Å². The number of nitriles is 1. The van der Waals surface area contributed by atoms with Gasteiger partial charge in [0.2, 0.25) is 0 Å². The lowest BCUT2D eigenvalue weighted by Crippen LogP contribution is -2.14. The van der Waals surface area contributed by atoms with E-state index in [1.807, 2.05) is 37.8 Å². The van der Waals surface area contributed by atoms with Crippen LogP contribution in [0.4, 0.5) is 5.82 Å². The topological polar surface area (TPSA) is 79.4 Å². The molecule has 0 radical (unpaired) electrons. The average molecular weight is 256 g/mol. The normalized spacial score (nSPS) is 10.2. The quantitative estimate of drug-likeness (QED) is 0.898. The fourth-order valence-electron chi connectivity index (χ4n) is 1.75. The molecule has 98 valence electrons. The third kappa shape index (κ3) is 2.88. The smallest absolute Gasteiger partial charge is 0.166 e. The van der Waals surface area contributed by atoms with E-state index in [9.17, 15) is 0 Å². The van der Waals surface area contributed by atoms with Gasteiger partial charge in [0.25, 0.3) is 0 Å². The summed E-state index contributed by atoms with van der Waals surface area (Å²) in [7, 11) is 0. The van der Waals surface area contributed by atoms with Gasteiger partial charge >= 0.3 is 0 Å². The highest BCUT2D eigenvalue weighted by Crippen LogP contribution is 2.16. The lowest BCUT2D eigenvalue weighted by Gasteiger charge is -2.09. The summed E-state index contributed by atoms with van der Waals surface area (Å²) >= 11 is 0. The van der Waals surface area contributed by atoms with E-state index < -0.39 is 0 Å². The first kappa shape index (κ1) is 13.0. The Bertz CT molecular complexity index is 623. The molecule has 1 N–H and O–H groups in total. The zero-order valence-electron chi connectivity index (χ0n) is 11.3. The molecule has 0 saturated heterocycles. The van der Waals surface area contributed by atoms with E-state index in [1.54, 1.807) is 0 Å². The van der Waals surface area contributed by atoms with Crippen molar-refractivity contribution in [3.05, 3.63) is 34.8 Å². The standard InChI is InChI=1S/C13H16N6/c1-9-7-16-19(8-9)5-4-15-13-12(6-14)10(2)11(3)17-18-13/h7-8H,4-5H2,1-3H3,(H,15,18). The van der Waals surface area contributed by atoms with Gasteiger partial charge in [0, 0.05) is 12.7 Å². The Labute approximate surface area is 112 Å². The molecule has 6 nitrogen and oxygen atoms in total. The summed E-state index contributed by atoms with van der Waals surface area (Å²) in [4.78, 5) is 0. The minimum atomic E-state index is 0.537. The van der Waals surface area contributed by atoms with Crippen LogP contribution in [-0.4, -0.2) is 26.5 Å². The molecule has 2 aromatic heterocycles. The van der Waals surface area contributed by atoms with Crippen LogP contribution < -0.4 is 5.32 Å². The predicted molar refractivity (Wildman–Crippen MR) is 71.7 cm³/mol. The molecule has 0 atom stereocenters. The van der Waals surface area contributed by atoms with Crippen LogP contribution in [0.25, 0.3) is 0 Å². The number of aryl methyl sites for hydroxylation is 2. The molecular formula is C13H16N6. The van der Waals surface area contributed by atoms with Crippen LogP contribution in [0.1, 0.15) is 22.4 Å². The molecule has 0 amide bonds. The number of rotatable bonds is 4. The molecule has 2 heterocycles. The molecule has 0 aliphatic carbocycles. The van der Waals surface area contributed by atoms with E-state index in [1.165, 1.54) is 0 Å². The molecule has 19 heavy (non-hydrogen) atoms. The first-order chi connectivity index (χ1) is 9.11. The first-order valence-electron chi connectivity index (χ1n) is 6.08. The zero-order valence-corrected chi connectivity index (χ0v) is 11.3. The Hall–Kier alpha value is -2.42. The van der Waals surface area contributed by atoms with Gasteiger partial charge in [-0.2, -0.15) is 15.5 Å². The summed E-state index contributed by atoms with van der Waals surface area (Å²) < 4.78 is 1.85. The van der Waals surface area contributed by atoms with E-state index in [0.717, 1.165) is 16.8 Å². The maximum atomic E-state index is 9.17. The number of nitrogens with zero attached hydrogens (tertiary/aromatic N) is 5. The van der Waals surface area contributed by atoms with Crippen LogP contribution >= 0.6 is 0 Å². The van der Waals surface area contributed by atoms with Crippen molar-refractivity contribution >= 4 is 5.82 Å². The summed E-state index contributed by atoms with van der Waals surface area (Å²) in [6, 6.07) is 2.17. The highest BCUT2D eigenvalue weighted by molar-refractivity contribution is 5.55. The molecule has 0 fully saturated rings. The second-order valence-electron chi connectivity index (χ2n) is 4.45. The van der Waals surface area contributed by atoms with Gasteiger partial charge in [0.1, 0.15) is 11.6 Å². The van der Waals surface area contributed by atoms with E-state index in [0.29, 0.717) is 24.5 Å². The van der Waals surface area contributed by atoms with Gasteiger partial charge in [0.05, 0.1) is 18.4 Å². The van der Waals surface area contributed by atoms with Crippen molar-refractivity contribution in [2.75, 3.05) is 11.9 Å². The van der Waals surface area contributed by atoms with Gasteiger partial charge < -0.3 is 5.32 Å². The van der Waals surface area contributed by atoms with Crippen molar-refractivity contribution < 1.29 is 0 Å². The first-order valence-corrected chi connectivity index (χ1v) is 6.08. The second-order valence-corrected chi connectivity index (χ2v) is 4.45. The van der Waals surface area contributed by atoms with E-state index in [2.05, 4.69) is 26.7 Å². The van der Waals surface area contributed by atoms with Crippen molar-refractivity contribution in [1.82, 2.24) is 20.0 Å². The van der Waals surface area contributed by atoms with Crippen LogP contribution in [0.2, 0.25) is 0 Å². The minimum Gasteiger partial charge on any atom is -0.366 e. The van der Waals surface area contributed by atoms with Crippen LogP contribution in [0.3, 0.4) is 0 Å². The maximum absolute atomic E-state index is 9.17. The lowest BCUT2D eigenvalue weighted by atomic mass is 10.1. The van der Waals surface area contributed by atoms with Gasteiger partial charge in [-0.1, -0.05) is 0 Å². The Morgan fingerprint density at radius 1 is 1.32 bits per heavy atom. The lowest BCUT2D eigenvalue weighted by molar-refractivity contribution is 0.636. The summed E-state index contributed by atoms with van der Waals surface area (Å²) in [5, 5.41) is 24.6. The molecule has 0 aliphatic rings. The van der Waals surface area contributed by atoms with E-state index in [-0.39, 0.29) is 0 Å². The highest BCUT2D eigenvalue weighted by Gasteiger charge is 2.09. The van der Waals surface area contributed by atoms with Gasteiger partial charge in [-0.15, -0.1) is 5.10 Å². The average Bonchev–Trinajstić information content (AvgIpc) is 2.80.